The summed E-state index contributed by atoms with van der Waals surface area (Å²) < 4.78 is 0. The molecular formula is C13H28N2O. The molecule has 0 spiro atoms. The molecule has 0 unspecified atom stereocenters. The number of nitrogens with one attached hydrogen (secondary N) is 1. The van der Waals surface area contributed by atoms with E-state index in [1.54, 1.807) is 0 Å². The number of amides is 1. The van der Waals surface area contributed by atoms with Crippen molar-refractivity contribution < 1.29 is 4.79 Å². The van der Waals surface area contributed by atoms with E-state index in [0.717, 1.165) is 45.2 Å². The predicted octanol–water partition coefficient (Wildman–Crippen LogP) is 2.59. The molecule has 0 atom stereocenters. The van der Waals surface area contributed by atoms with E-state index in [9.17, 15) is 4.79 Å². The summed E-state index contributed by atoms with van der Waals surface area (Å²) in [6, 6.07) is 0. The smallest absolute Gasteiger partial charge is 0.219 e. The van der Waals surface area contributed by atoms with Crippen molar-refractivity contribution in [3.63, 3.8) is 0 Å². The van der Waals surface area contributed by atoms with E-state index >= 15 is 0 Å². The summed E-state index contributed by atoms with van der Waals surface area (Å²) in [6.45, 7) is 3.81. The fourth-order valence-corrected chi connectivity index (χ4v) is 1.65. The lowest BCUT2D eigenvalue weighted by atomic mass is 10.1. The van der Waals surface area contributed by atoms with E-state index < -0.39 is 0 Å². The number of hydrogen-bond acceptors (Lipinski definition) is 2. The molecule has 1 amide bonds. The first kappa shape index (κ1) is 15.4. The Morgan fingerprint density at radius 2 is 1.69 bits per heavy atom. The van der Waals surface area contributed by atoms with Crippen molar-refractivity contribution in [2.45, 2.75) is 64.7 Å². The normalized spacial score (nSPS) is 10.4. The molecule has 0 saturated heterocycles. The first-order chi connectivity index (χ1) is 7.81. The molecule has 0 fully saturated rings. The van der Waals surface area contributed by atoms with Crippen LogP contribution in [-0.2, 0) is 4.79 Å². The standard InChI is InChI=1S/C13H28N2O/c1-2-3-4-9-12-15-13(16)10-7-5-6-8-11-14/h2-12,14H2,1H3,(H,15,16). The van der Waals surface area contributed by atoms with Gasteiger partial charge in [0.15, 0.2) is 0 Å². The Labute approximate surface area is 100 Å². The molecule has 0 bridgehead atoms. The quantitative estimate of drug-likeness (QED) is 0.534. The minimum absolute atomic E-state index is 0.212. The van der Waals surface area contributed by atoms with E-state index in [2.05, 4.69) is 12.2 Å². The maximum Gasteiger partial charge on any atom is 0.219 e. The minimum atomic E-state index is 0.212. The Morgan fingerprint density at radius 3 is 2.38 bits per heavy atom. The second-order valence-corrected chi connectivity index (χ2v) is 4.36. The molecule has 3 heteroatoms. The third-order valence-electron chi connectivity index (χ3n) is 2.71. The molecule has 0 aromatic heterocycles. The van der Waals surface area contributed by atoms with Gasteiger partial charge < -0.3 is 11.1 Å². The molecule has 0 rings (SSSR count). The molecule has 0 aromatic rings. The van der Waals surface area contributed by atoms with Gasteiger partial charge in [-0.05, 0) is 25.8 Å². The van der Waals surface area contributed by atoms with Gasteiger partial charge in [0.05, 0.1) is 0 Å². The Bertz CT molecular complexity index is 144. The van der Waals surface area contributed by atoms with Gasteiger partial charge in [0.2, 0.25) is 5.91 Å². The largest absolute Gasteiger partial charge is 0.356 e. The topological polar surface area (TPSA) is 55.1 Å². The van der Waals surface area contributed by atoms with Gasteiger partial charge in [0.1, 0.15) is 0 Å². The van der Waals surface area contributed by atoms with Gasteiger partial charge in [0.25, 0.3) is 0 Å². The summed E-state index contributed by atoms with van der Waals surface area (Å²) in [4.78, 5) is 11.4. The molecule has 0 aromatic carbocycles. The summed E-state index contributed by atoms with van der Waals surface area (Å²) >= 11 is 0. The molecular weight excluding hydrogens is 200 g/mol. The lowest BCUT2D eigenvalue weighted by Crippen LogP contribution is -2.23. The van der Waals surface area contributed by atoms with Gasteiger partial charge in [-0.25, -0.2) is 0 Å². The number of carbonyl (C=O) groups excluding carboxylic acids is 1. The molecule has 3 nitrogen and oxygen atoms in total. The number of unbranched alkanes of at least 4 members (excludes halogenated alkanes) is 6. The molecule has 3 N–H and O–H groups in total. The summed E-state index contributed by atoms with van der Waals surface area (Å²) in [7, 11) is 0. The van der Waals surface area contributed by atoms with E-state index in [1.807, 2.05) is 0 Å². The van der Waals surface area contributed by atoms with E-state index in [4.69, 9.17) is 5.73 Å². The third kappa shape index (κ3) is 11.5. The highest BCUT2D eigenvalue weighted by Gasteiger charge is 1.99. The highest BCUT2D eigenvalue weighted by molar-refractivity contribution is 5.75. The average Bonchev–Trinajstić information content (AvgIpc) is 2.28. The first-order valence-corrected chi connectivity index (χ1v) is 6.78. The van der Waals surface area contributed by atoms with Crippen LogP contribution in [-0.4, -0.2) is 19.0 Å². The van der Waals surface area contributed by atoms with Crippen molar-refractivity contribution >= 4 is 5.91 Å². The Balaban J connectivity index is 3.12. The summed E-state index contributed by atoms with van der Waals surface area (Å²) in [5, 5.41) is 2.97. The minimum Gasteiger partial charge on any atom is -0.356 e. The van der Waals surface area contributed by atoms with Crippen molar-refractivity contribution in [1.82, 2.24) is 5.32 Å². The van der Waals surface area contributed by atoms with Crippen LogP contribution in [0.25, 0.3) is 0 Å². The van der Waals surface area contributed by atoms with Gasteiger partial charge in [-0.15, -0.1) is 0 Å². The lowest BCUT2D eigenvalue weighted by molar-refractivity contribution is -0.121. The van der Waals surface area contributed by atoms with Crippen LogP contribution in [0.2, 0.25) is 0 Å². The average molecular weight is 228 g/mol. The van der Waals surface area contributed by atoms with E-state index in [0.29, 0.717) is 6.42 Å². The third-order valence-corrected chi connectivity index (χ3v) is 2.71. The Hall–Kier alpha value is -0.570. The molecule has 0 aliphatic rings. The van der Waals surface area contributed by atoms with E-state index in [1.165, 1.54) is 19.3 Å². The van der Waals surface area contributed by atoms with Gasteiger partial charge in [-0.1, -0.05) is 39.0 Å². The van der Waals surface area contributed by atoms with Gasteiger partial charge in [-0.3, -0.25) is 4.79 Å². The van der Waals surface area contributed by atoms with Crippen LogP contribution in [0.4, 0.5) is 0 Å². The molecule has 96 valence electrons. The summed E-state index contributed by atoms with van der Waals surface area (Å²) in [5.41, 5.74) is 5.40. The van der Waals surface area contributed by atoms with Crippen LogP contribution in [0.3, 0.4) is 0 Å². The maximum atomic E-state index is 11.4. The Morgan fingerprint density at radius 1 is 1.00 bits per heavy atom. The highest BCUT2D eigenvalue weighted by atomic mass is 16.1. The fraction of sp³-hybridized carbons (Fsp3) is 0.923. The molecule has 0 aliphatic carbocycles. The van der Waals surface area contributed by atoms with E-state index in [-0.39, 0.29) is 5.91 Å². The lowest BCUT2D eigenvalue weighted by Gasteiger charge is -2.04. The zero-order chi connectivity index (χ0) is 12.1. The summed E-state index contributed by atoms with van der Waals surface area (Å²) in [6.07, 6.45) is 9.91. The monoisotopic (exact) mass is 228 g/mol. The number of hydrogen-bond donors (Lipinski definition) is 2. The van der Waals surface area contributed by atoms with Crippen LogP contribution in [0, 0.1) is 0 Å². The molecule has 0 aliphatic heterocycles. The van der Waals surface area contributed by atoms with Gasteiger partial charge >= 0.3 is 0 Å². The SMILES string of the molecule is CCCCCCNC(=O)CCCCCCN. The zero-order valence-corrected chi connectivity index (χ0v) is 10.8. The van der Waals surface area contributed by atoms with Crippen molar-refractivity contribution in [1.29, 1.82) is 0 Å². The summed E-state index contributed by atoms with van der Waals surface area (Å²) in [5.74, 6) is 0.212. The van der Waals surface area contributed by atoms with Crippen LogP contribution in [0.1, 0.15) is 64.7 Å². The maximum absolute atomic E-state index is 11.4. The first-order valence-electron chi connectivity index (χ1n) is 6.78. The van der Waals surface area contributed by atoms with Crippen LogP contribution in [0.5, 0.6) is 0 Å². The fourth-order valence-electron chi connectivity index (χ4n) is 1.65. The predicted molar refractivity (Wildman–Crippen MR) is 69.3 cm³/mol. The molecule has 0 saturated carbocycles. The second kappa shape index (κ2) is 12.5. The van der Waals surface area contributed by atoms with Crippen molar-refractivity contribution in [3.8, 4) is 0 Å². The van der Waals surface area contributed by atoms with Crippen LogP contribution < -0.4 is 11.1 Å². The highest BCUT2D eigenvalue weighted by Crippen LogP contribution is 2.02. The van der Waals surface area contributed by atoms with Crippen molar-refractivity contribution in [3.05, 3.63) is 0 Å². The number of rotatable bonds is 11. The van der Waals surface area contributed by atoms with Crippen molar-refractivity contribution in [2.75, 3.05) is 13.1 Å². The van der Waals surface area contributed by atoms with Crippen LogP contribution >= 0.6 is 0 Å². The Kier molecular flexibility index (Phi) is 12.1. The zero-order valence-electron chi connectivity index (χ0n) is 10.8. The molecule has 16 heavy (non-hydrogen) atoms. The number of nitrogens with two attached hydrogens (primary N) is 1. The molecule has 0 radical (unpaired) electrons. The van der Waals surface area contributed by atoms with Crippen molar-refractivity contribution in [2.24, 2.45) is 5.73 Å². The van der Waals surface area contributed by atoms with Gasteiger partial charge in [0, 0.05) is 13.0 Å². The number of carbonyl (C=O) groups is 1. The van der Waals surface area contributed by atoms with Gasteiger partial charge in [-0.2, -0.15) is 0 Å². The van der Waals surface area contributed by atoms with Crippen LogP contribution in [0.15, 0.2) is 0 Å². The molecule has 0 heterocycles. The second-order valence-electron chi connectivity index (χ2n) is 4.36.